The van der Waals surface area contributed by atoms with Gasteiger partial charge in [-0.2, -0.15) is 0 Å². The van der Waals surface area contributed by atoms with E-state index >= 15 is 0 Å². The summed E-state index contributed by atoms with van der Waals surface area (Å²) in [6.07, 6.45) is 0. The zero-order chi connectivity index (χ0) is 18.3. The number of carbonyl (C=O) groups is 2. The molecule has 2 aromatic rings. The molecule has 128 valence electrons. The van der Waals surface area contributed by atoms with Crippen molar-refractivity contribution in [2.75, 3.05) is 10.2 Å². The van der Waals surface area contributed by atoms with Crippen molar-refractivity contribution in [1.29, 1.82) is 0 Å². The maximum absolute atomic E-state index is 12.7. The number of halogens is 3. The Morgan fingerprint density at radius 1 is 0.840 bits per heavy atom. The summed E-state index contributed by atoms with van der Waals surface area (Å²) < 4.78 is 0. The molecule has 0 bridgehead atoms. The van der Waals surface area contributed by atoms with E-state index in [2.05, 4.69) is 5.32 Å². The number of rotatable bonds is 3. The minimum Gasteiger partial charge on any atom is -0.350 e. The van der Waals surface area contributed by atoms with E-state index in [1.54, 1.807) is 30.3 Å². The number of hydrogen-bond acceptors (Lipinski definition) is 3. The summed E-state index contributed by atoms with van der Waals surface area (Å²) in [4.78, 5) is 26.2. The molecule has 0 aromatic heterocycles. The van der Waals surface area contributed by atoms with E-state index in [9.17, 15) is 9.59 Å². The molecular formula is C18H13Cl3N2O2. The Balaban J connectivity index is 1.93. The van der Waals surface area contributed by atoms with Crippen LogP contribution in [-0.4, -0.2) is 11.8 Å². The van der Waals surface area contributed by atoms with Gasteiger partial charge in [-0.25, -0.2) is 4.90 Å². The van der Waals surface area contributed by atoms with Crippen molar-refractivity contribution in [2.45, 2.75) is 13.8 Å². The number of anilines is 2. The summed E-state index contributed by atoms with van der Waals surface area (Å²) in [6.45, 7) is 3.86. The summed E-state index contributed by atoms with van der Waals surface area (Å²) in [5.41, 5.74) is 3.02. The van der Waals surface area contributed by atoms with Crippen LogP contribution in [0.25, 0.3) is 0 Å². The van der Waals surface area contributed by atoms with E-state index in [-0.39, 0.29) is 10.7 Å². The SMILES string of the molecule is Cc1ccc(N2C(=O)C(Cl)=C(Nc3ccc(Cl)c(Cl)c3)C2=O)cc1C. The third-order valence-electron chi connectivity index (χ3n) is 3.96. The van der Waals surface area contributed by atoms with Gasteiger partial charge in [0.25, 0.3) is 11.8 Å². The van der Waals surface area contributed by atoms with Crippen LogP contribution in [0.15, 0.2) is 47.1 Å². The van der Waals surface area contributed by atoms with Crippen molar-refractivity contribution < 1.29 is 9.59 Å². The molecule has 0 unspecified atom stereocenters. The van der Waals surface area contributed by atoms with Gasteiger partial charge >= 0.3 is 0 Å². The van der Waals surface area contributed by atoms with E-state index in [0.717, 1.165) is 16.0 Å². The average Bonchev–Trinajstić information content (AvgIpc) is 2.77. The van der Waals surface area contributed by atoms with E-state index in [1.165, 1.54) is 0 Å². The molecule has 7 heteroatoms. The fourth-order valence-electron chi connectivity index (χ4n) is 2.43. The lowest BCUT2D eigenvalue weighted by atomic mass is 10.1. The Bertz CT molecular complexity index is 938. The highest BCUT2D eigenvalue weighted by Crippen LogP contribution is 2.32. The highest BCUT2D eigenvalue weighted by Gasteiger charge is 2.39. The lowest BCUT2D eigenvalue weighted by Crippen LogP contribution is -2.32. The van der Waals surface area contributed by atoms with Crippen LogP contribution in [0.2, 0.25) is 10.0 Å². The fraction of sp³-hybridized carbons (Fsp3) is 0.111. The van der Waals surface area contributed by atoms with Crippen LogP contribution in [0.4, 0.5) is 11.4 Å². The Morgan fingerprint density at radius 3 is 2.20 bits per heavy atom. The minimum absolute atomic E-state index is 0.00304. The summed E-state index contributed by atoms with van der Waals surface area (Å²) in [6, 6.07) is 10.1. The zero-order valence-electron chi connectivity index (χ0n) is 13.4. The van der Waals surface area contributed by atoms with Gasteiger partial charge in [0.2, 0.25) is 0 Å². The molecule has 1 N–H and O–H groups in total. The lowest BCUT2D eigenvalue weighted by Gasteiger charge is -2.16. The maximum Gasteiger partial charge on any atom is 0.283 e. The molecule has 25 heavy (non-hydrogen) atoms. The second-order valence-corrected chi connectivity index (χ2v) is 6.85. The van der Waals surface area contributed by atoms with Gasteiger partial charge in [-0.05, 0) is 55.3 Å². The van der Waals surface area contributed by atoms with E-state index in [0.29, 0.717) is 21.4 Å². The Morgan fingerprint density at radius 2 is 1.56 bits per heavy atom. The molecule has 0 aliphatic carbocycles. The largest absolute Gasteiger partial charge is 0.350 e. The first-order valence-corrected chi connectivity index (χ1v) is 8.51. The third kappa shape index (κ3) is 3.25. The molecule has 3 rings (SSSR count). The van der Waals surface area contributed by atoms with Crippen molar-refractivity contribution in [3.63, 3.8) is 0 Å². The van der Waals surface area contributed by atoms with Crippen molar-refractivity contribution in [1.82, 2.24) is 0 Å². The number of carbonyl (C=O) groups excluding carboxylic acids is 2. The summed E-state index contributed by atoms with van der Waals surface area (Å²) in [5.74, 6) is -1.10. The predicted octanol–water partition coefficient (Wildman–Crippen LogP) is 5.05. The molecule has 2 amide bonds. The normalized spacial score (nSPS) is 14.5. The molecule has 0 fully saturated rings. The highest BCUT2D eigenvalue weighted by atomic mass is 35.5. The molecule has 0 saturated heterocycles. The molecule has 2 aromatic carbocycles. The molecule has 0 radical (unpaired) electrons. The Hall–Kier alpha value is -2.01. The van der Waals surface area contributed by atoms with Crippen molar-refractivity contribution in [2.24, 2.45) is 0 Å². The molecular weight excluding hydrogens is 383 g/mol. The summed E-state index contributed by atoms with van der Waals surface area (Å²) in [7, 11) is 0. The maximum atomic E-state index is 12.7. The number of imide groups is 1. The van der Waals surface area contributed by atoms with E-state index < -0.39 is 11.8 Å². The van der Waals surface area contributed by atoms with Gasteiger partial charge < -0.3 is 5.32 Å². The molecule has 0 spiro atoms. The van der Waals surface area contributed by atoms with Gasteiger partial charge in [0.1, 0.15) is 10.7 Å². The first-order chi connectivity index (χ1) is 11.8. The first-order valence-electron chi connectivity index (χ1n) is 7.37. The lowest BCUT2D eigenvalue weighted by molar-refractivity contribution is -0.120. The van der Waals surface area contributed by atoms with Crippen LogP contribution >= 0.6 is 34.8 Å². The molecule has 1 aliphatic rings. The van der Waals surface area contributed by atoms with Crippen molar-refractivity contribution in [3.8, 4) is 0 Å². The van der Waals surface area contributed by atoms with Crippen LogP contribution in [0.1, 0.15) is 11.1 Å². The van der Waals surface area contributed by atoms with Gasteiger partial charge in [0.05, 0.1) is 15.7 Å². The minimum atomic E-state index is -0.572. The number of aryl methyl sites for hydroxylation is 2. The smallest absolute Gasteiger partial charge is 0.283 e. The van der Waals surface area contributed by atoms with Gasteiger partial charge in [-0.15, -0.1) is 0 Å². The van der Waals surface area contributed by atoms with Crippen LogP contribution < -0.4 is 10.2 Å². The molecule has 1 heterocycles. The van der Waals surface area contributed by atoms with Gasteiger partial charge in [0, 0.05) is 5.69 Å². The quantitative estimate of drug-likeness (QED) is 0.740. The van der Waals surface area contributed by atoms with Crippen LogP contribution in [0.5, 0.6) is 0 Å². The van der Waals surface area contributed by atoms with Crippen LogP contribution in [0.3, 0.4) is 0 Å². The standard InChI is InChI=1S/C18H13Cl3N2O2/c1-9-3-5-12(7-10(9)2)23-17(24)15(21)16(18(23)25)22-11-4-6-13(19)14(20)8-11/h3-8,22H,1-2H3. The number of nitrogens with zero attached hydrogens (tertiary/aromatic N) is 1. The number of benzene rings is 2. The summed E-state index contributed by atoms with van der Waals surface area (Å²) >= 11 is 18.0. The first kappa shape index (κ1) is 17.8. The predicted molar refractivity (Wildman–Crippen MR) is 101 cm³/mol. The van der Waals surface area contributed by atoms with Gasteiger partial charge in [-0.3, -0.25) is 9.59 Å². The Kier molecular flexibility index (Phi) is 4.78. The molecule has 1 aliphatic heterocycles. The highest BCUT2D eigenvalue weighted by molar-refractivity contribution is 6.53. The molecule has 4 nitrogen and oxygen atoms in total. The third-order valence-corrected chi connectivity index (χ3v) is 5.05. The van der Waals surface area contributed by atoms with Crippen LogP contribution in [0, 0.1) is 13.8 Å². The fourth-order valence-corrected chi connectivity index (χ4v) is 2.94. The topological polar surface area (TPSA) is 49.4 Å². The zero-order valence-corrected chi connectivity index (χ0v) is 15.6. The second kappa shape index (κ2) is 6.71. The van der Waals surface area contributed by atoms with Gasteiger partial charge in [-0.1, -0.05) is 40.9 Å². The summed E-state index contributed by atoms with van der Waals surface area (Å²) in [5, 5.41) is 3.40. The second-order valence-electron chi connectivity index (χ2n) is 5.66. The number of nitrogens with one attached hydrogen (secondary N) is 1. The average molecular weight is 396 g/mol. The van der Waals surface area contributed by atoms with Crippen LogP contribution in [-0.2, 0) is 9.59 Å². The van der Waals surface area contributed by atoms with Crippen molar-refractivity contribution >= 4 is 58.0 Å². The Labute approximate surface area is 160 Å². The molecule has 0 saturated carbocycles. The number of amides is 2. The van der Waals surface area contributed by atoms with Gasteiger partial charge in [0.15, 0.2) is 0 Å². The van der Waals surface area contributed by atoms with E-state index in [1.807, 2.05) is 19.9 Å². The number of hydrogen-bond donors (Lipinski definition) is 1. The monoisotopic (exact) mass is 394 g/mol. The van der Waals surface area contributed by atoms with E-state index in [4.69, 9.17) is 34.8 Å². The van der Waals surface area contributed by atoms with Crippen molar-refractivity contribution in [3.05, 3.63) is 68.3 Å². The molecule has 0 atom stereocenters.